The van der Waals surface area contributed by atoms with Gasteiger partial charge in [-0.25, -0.2) is 0 Å². The van der Waals surface area contributed by atoms with Crippen molar-refractivity contribution in [3.8, 4) is 0 Å². The summed E-state index contributed by atoms with van der Waals surface area (Å²) in [6.45, 7) is 2.04. The number of rotatable bonds is 2. The Kier molecular flexibility index (Phi) is 2.68. The van der Waals surface area contributed by atoms with Gasteiger partial charge in [-0.1, -0.05) is 5.16 Å². The molecule has 0 bridgehead atoms. The van der Waals surface area contributed by atoms with Crippen LogP contribution in [0.4, 0.5) is 0 Å². The van der Waals surface area contributed by atoms with E-state index in [4.69, 9.17) is 16.4 Å². The zero-order valence-corrected chi connectivity index (χ0v) is 8.66. The van der Waals surface area contributed by atoms with Crippen LogP contribution in [0.1, 0.15) is 17.5 Å². The highest BCUT2D eigenvalue weighted by Gasteiger charge is 2.22. The first kappa shape index (κ1) is 9.46. The molecule has 0 amide bonds. The Bertz CT molecular complexity index is 365. The smallest absolute Gasteiger partial charge is 0.146 e. The average Bonchev–Trinajstić information content (AvgIpc) is 2.67. The number of hydrogen-bond donors (Lipinski definition) is 0. The summed E-state index contributed by atoms with van der Waals surface area (Å²) in [6.07, 6.45) is 4.38. The van der Waals surface area contributed by atoms with E-state index in [9.17, 15) is 0 Å². The third-order valence-electron chi connectivity index (χ3n) is 2.26. The third kappa shape index (κ3) is 1.73. The van der Waals surface area contributed by atoms with E-state index in [-0.39, 0.29) is 6.10 Å². The van der Waals surface area contributed by atoms with Gasteiger partial charge in [0.1, 0.15) is 6.10 Å². The SMILES string of the molecule is Cc1ccncc1C1=NOC(CCl)C1. The van der Waals surface area contributed by atoms with E-state index < -0.39 is 0 Å². The maximum atomic E-state index is 5.69. The molecular weight excluding hydrogens is 200 g/mol. The summed E-state index contributed by atoms with van der Waals surface area (Å²) >= 11 is 5.69. The van der Waals surface area contributed by atoms with E-state index in [1.165, 1.54) is 0 Å². The molecular formula is C10H11ClN2O. The molecule has 2 heterocycles. The number of pyridine rings is 1. The molecule has 1 aromatic heterocycles. The lowest BCUT2D eigenvalue weighted by Crippen LogP contribution is -2.10. The number of oxime groups is 1. The topological polar surface area (TPSA) is 34.5 Å². The first-order valence-corrected chi connectivity index (χ1v) is 5.04. The molecule has 0 aliphatic carbocycles. The van der Waals surface area contributed by atoms with Crippen LogP contribution in [-0.2, 0) is 4.84 Å². The van der Waals surface area contributed by atoms with Crippen LogP contribution in [0.5, 0.6) is 0 Å². The molecule has 0 aromatic carbocycles. The largest absolute Gasteiger partial charge is 0.391 e. The molecule has 3 nitrogen and oxygen atoms in total. The first-order valence-electron chi connectivity index (χ1n) is 4.51. The molecule has 4 heteroatoms. The van der Waals surface area contributed by atoms with Gasteiger partial charge in [-0.3, -0.25) is 4.98 Å². The summed E-state index contributed by atoms with van der Waals surface area (Å²) in [4.78, 5) is 9.22. The Morgan fingerprint density at radius 1 is 1.64 bits per heavy atom. The van der Waals surface area contributed by atoms with Crippen LogP contribution in [0, 0.1) is 6.92 Å². The second kappa shape index (κ2) is 3.96. The highest BCUT2D eigenvalue weighted by Crippen LogP contribution is 2.18. The van der Waals surface area contributed by atoms with Crippen molar-refractivity contribution in [1.82, 2.24) is 4.98 Å². The minimum Gasteiger partial charge on any atom is -0.391 e. The van der Waals surface area contributed by atoms with Crippen molar-refractivity contribution in [2.45, 2.75) is 19.4 Å². The predicted molar refractivity (Wildman–Crippen MR) is 55.7 cm³/mol. The Morgan fingerprint density at radius 3 is 3.14 bits per heavy atom. The van der Waals surface area contributed by atoms with E-state index >= 15 is 0 Å². The van der Waals surface area contributed by atoms with Gasteiger partial charge in [0.2, 0.25) is 0 Å². The minimum absolute atomic E-state index is 0.0197. The molecule has 1 aliphatic heterocycles. The van der Waals surface area contributed by atoms with Gasteiger partial charge in [-0.2, -0.15) is 0 Å². The second-order valence-electron chi connectivity index (χ2n) is 3.31. The van der Waals surface area contributed by atoms with Gasteiger partial charge >= 0.3 is 0 Å². The lowest BCUT2D eigenvalue weighted by molar-refractivity contribution is 0.102. The van der Waals surface area contributed by atoms with Gasteiger partial charge in [0.05, 0.1) is 11.6 Å². The normalized spacial score (nSPS) is 20.4. The maximum absolute atomic E-state index is 5.69. The van der Waals surface area contributed by atoms with Crippen molar-refractivity contribution in [1.29, 1.82) is 0 Å². The summed E-state index contributed by atoms with van der Waals surface area (Å²) in [6, 6.07) is 1.96. The standard InChI is InChI=1S/C10H11ClN2O/c1-7-2-3-12-6-9(7)10-4-8(5-11)14-13-10/h2-3,6,8H,4-5H2,1H3. The summed E-state index contributed by atoms with van der Waals surface area (Å²) in [5.74, 6) is 0.478. The van der Waals surface area contributed by atoms with Crippen LogP contribution in [0.25, 0.3) is 0 Å². The highest BCUT2D eigenvalue weighted by molar-refractivity contribution is 6.18. The van der Waals surface area contributed by atoms with Crippen LogP contribution in [0.15, 0.2) is 23.6 Å². The molecule has 0 saturated carbocycles. The fraction of sp³-hybridized carbons (Fsp3) is 0.400. The van der Waals surface area contributed by atoms with E-state index in [0.29, 0.717) is 5.88 Å². The molecule has 1 atom stereocenters. The zero-order valence-electron chi connectivity index (χ0n) is 7.90. The molecule has 2 rings (SSSR count). The molecule has 1 unspecified atom stereocenters. The number of aryl methyl sites for hydroxylation is 1. The van der Waals surface area contributed by atoms with E-state index in [1.807, 2.05) is 19.2 Å². The van der Waals surface area contributed by atoms with Crippen LogP contribution in [0.2, 0.25) is 0 Å². The van der Waals surface area contributed by atoms with Crippen molar-refractivity contribution >= 4 is 17.3 Å². The first-order chi connectivity index (χ1) is 6.81. The molecule has 0 saturated heterocycles. The van der Waals surface area contributed by atoms with Crippen molar-refractivity contribution in [3.05, 3.63) is 29.6 Å². The molecule has 0 radical (unpaired) electrons. The number of halogens is 1. The third-order valence-corrected chi connectivity index (χ3v) is 2.60. The Labute approximate surface area is 87.7 Å². The van der Waals surface area contributed by atoms with E-state index in [0.717, 1.165) is 23.3 Å². The van der Waals surface area contributed by atoms with Gasteiger partial charge in [0.25, 0.3) is 0 Å². The highest BCUT2D eigenvalue weighted by atomic mass is 35.5. The average molecular weight is 211 g/mol. The van der Waals surface area contributed by atoms with Crippen LogP contribution in [-0.4, -0.2) is 22.7 Å². The quantitative estimate of drug-likeness (QED) is 0.701. The summed E-state index contributed by atoms with van der Waals surface area (Å²) in [5, 5.41) is 4.01. The Balaban J connectivity index is 2.22. The van der Waals surface area contributed by atoms with Gasteiger partial charge in [-0.05, 0) is 18.6 Å². The van der Waals surface area contributed by atoms with Gasteiger partial charge in [0, 0.05) is 24.4 Å². The van der Waals surface area contributed by atoms with Crippen molar-refractivity contribution in [2.24, 2.45) is 5.16 Å². The monoisotopic (exact) mass is 210 g/mol. The van der Waals surface area contributed by atoms with Crippen LogP contribution >= 0.6 is 11.6 Å². The minimum atomic E-state index is 0.0197. The molecule has 0 fully saturated rings. The molecule has 74 valence electrons. The Morgan fingerprint density at radius 2 is 2.50 bits per heavy atom. The Hall–Kier alpha value is -1.09. The number of hydrogen-bond acceptors (Lipinski definition) is 3. The van der Waals surface area contributed by atoms with Crippen molar-refractivity contribution in [3.63, 3.8) is 0 Å². The summed E-state index contributed by atoms with van der Waals surface area (Å²) in [7, 11) is 0. The lowest BCUT2D eigenvalue weighted by atomic mass is 10.0. The molecule has 0 N–H and O–H groups in total. The summed E-state index contributed by atoms with van der Waals surface area (Å²) < 4.78 is 0. The van der Waals surface area contributed by atoms with E-state index in [2.05, 4.69) is 10.1 Å². The second-order valence-corrected chi connectivity index (χ2v) is 3.62. The van der Waals surface area contributed by atoms with Crippen LogP contribution in [0.3, 0.4) is 0 Å². The van der Waals surface area contributed by atoms with Gasteiger partial charge < -0.3 is 4.84 Å². The van der Waals surface area contributed by atoms with Crippen molar-refractivity contribution < 1.29 is 4.84 Å². The zero-order chi connectivity index (χ0) is 9.97. The predicted octanol–water partition coefficient (Wildman–Crippen LogP) is 2.12. The summed E-state index contributed by atoms with van der Waals surface area (Å²) in [5.41, 5.74) is 3.17. The van der Waals surface area contributed by atoms with Gasteiger partial charge in [0.15, 0.2) is 0 Å². The van der Waals surface area contributed by atoms with Gasteiger partial charge in [-0.15, -0.1) is 11.6 Å². The molecule has 1 aromatic rings. The van der Waals surface area contributed by atoms with E-state index in [1.54, 1.807) is 6.20 Å². The molecule has 1 aliphatic rings. The fourth-order valence-electron chi connectivity index (χ4n) is 1.44. The number of nitrogens with zero attached hydrogens (tertiary/aromatic N) is 2. The molecule has 14 heavy (non-hydrogen) atoms. The number of aromatic nitrogens is 1. The molecule has 0 spiro atoms. The fourth-order valence-corrected chi connectivity index (χ4v) is 1.60. The number of alkyl halides is 1. The maximum Gasteiger partial charge on any atom is 0.146 e. The van der Waals surface area contributed by atoms with Crippen LogP contribution < -0.4 is 0 Å². The van der Waals surface area contributed by atoms with Crippen molar-refractivity contribution in [2.75, 3.05) is 5.88 Å². The lowest BCUT2D eigenvalue weighted by Gasteiger charge is -2.02.